The zero-order valence-electron chi connectivity index (χ0n) is 13.0. The van der Waals surface area contributed by atoms with Crippen molar-refractivity contribution < 1.29 is 9.67 Å². The van der Waals surface area contributed by atoms with Crippen molar-refractivity contribution in [2.24, 2.45) is 24.3 Å². The van der Waals surface area contributed by atoms with Crippen LogP contribution in [0.15, 0.2) is 40.7 Å². The van der Waals surface area contributed by atoms with Gasteiger partial charge in [0.1, 0.15) is 11.4 Å². The molecule has 0 fully saturated rings. The second kappa shape index (κ2) is 6.49. The van der Waals surface area contributed by atoms with Gasteiger partial charge in [-0.15, -0.1) is 0 Å². The number of hydrogen-bond acceptors (Lipinski definition) is 4. The maximum atomic E-state index is 8.94. The van der Waals surface area contributed by atoms with Crippen molar-refractivity contribution in [1.29, 1.82) is 0 Å². The molecule has 0 saturated heterocycles. The van der Waals surface area contributed by atoms with E-state index in [1.54, 1.807) is 0 Å². The Labute approximate surface area is 125 Å². The van der Waals surface area contributed by atoms with Crippen molar-refractivity contribution in [3.05, 3.63) is 36.2 Å². The summed E-state index contributed by atoms with van der Waals surface area (Å²) in [5.41, 5.74) is 2.98. The Bertz CT molecular complexity index is 630. The maximum Gasteiger partial charge on any atom is 0.421 e. The molecule has 0 unspecified atom stereocenters. The number of likely N-dealkylation sites (N-methyl/N-ethyl adjacent to an activating group) is 1. The maximum absolute atomic E-state index is 8.94. The van der Waals surface area contributed by atoms with Crippen LogP contribution in [-0.2, 0) is 14.1 Å². The van der Waals surface area contributed by atoms with Gasteiger partial charge in [0.25, 0.3) is 0 Å². The molecule has 0 radical (unpaired) electrons. The monoisotopic (exact) mass is 288 g/mol. The molecule has 0 aliphatic rings. The highest BCUT2D eigenvalue weighted by Crippen LogP contribution is 2.20. The van der Waals surface area contributed by atoms with Crippen molar-refractivity contribution in [1.82, 2.24) is 4.57 Å². The minimum Gasteiger partial charge on any atom is -0.395 e. The molecule has 0 atom stereocenters. The summed E-state index contributed by atoms with van der Waals surface area (Å²) in [6, 6.07) is 7.78. The molecule has 21 heavy (non-hydrogen) atoms. The molecule has 0 bridgehead atoms. The van der Waals surface area contributed by atoms with Gasteiger partial charge in [-0.05, 0) is 31.2 Å². The molecule has 6 heteroatoms. The van der Waals surface area contributed by atoms with Crippen molar-refractivity contribution in [2.75, 3.05) is 25.1 Å². The van der Waals surface area contributed by atoms with Gasteiger partial charge in [-0.3, -0.25) is 0 Å². The second-order valence-electron chi connectivity index (χ2n) is 5.10. The van der Waals surface area contributed by atoms with E-state index in [1.807, 2.05) is 72.6 Å². The van der Waals surface area contributed by atoms with Crippen LogP contribution in [0.2, 0.25) is 0 Å². The predicted molar refractivity (Wildman–Crippen MR) is 82.3 cm³/mol. The standard InChI is InChI=1S/C15H22N5O/c1-12-11-19(3)15(20(12)4)17-16-13-5-7-14(8-6-13)18(2)9-10-21/h5-8,11,21H,9-10H2,1-4H3/q+1. The van der Waals surface area contributed by atoms with E-state index >= 15 is 0 Å². The van der Waals surface area contributed by atoms with E-state index in [0.717, 1.165) is 23.0 Å². The lowest BCUT2D eigenvalue weighted by Crippen LogP contribution is -2.25. The fraction of sp³-hybridized carbons (Fsp3) is 0.400. The van der Waals surface area contributed by atoms with Crippen LogP contribution in [0, 0.1) is 6.92 Å². The molecule has 6 nitrogen and oxygen atoms in total. The molecular formula is C15H22N5O+. The zero-order valence-corrected chi connectivity index (χ0v) is 13.0. The predicted octanol–water partition coefficient (Wildman–Crippen LogP) is 2.00. The topological polar surface area (TPSA) is 57.0 Å². The molecular weight excluding hydrogens is 266 g/mol. The molecule has 0 spiro atoms. The largest absolute Gasteiger partial charge is 0.421 e. The first-order valence-electron chi connectivity index (χ1n) is 6.88. The number of rotatable bonds is 5. The van der Waals surface area contributed by atoms with E-state index < -0.39 is 0 Å². The number of anilines is 1. The molecule has 1 N–H and O–H groups in total. The van der Waals surface area contributed by atoms with E-state index in [9.17, 15) is 0 Å². The van der Waals surface area contributed by atoms with Crippen molar-refractivity contribution >= 4 is 17.3 Å². The number of aryl methyl sites for hydroxylation is 2. The normalized spacial score (nSPS) is 11.3. The van der Waals surface area contributed by atoms with Gasteiger partial charge in [0.05, 0.1) is 26.9 Å². The van der Waals surface area contributed by atoms with E-state index in [-0.39, 0.29) is 6.61 Å². The summed E-state index contributed by atoms with van der Waals surface area (Å²) in [6.45, 7) is 2.78. The van der Waals surface area contributed by atoms with Gasteiger partial charge in [0.15, 0.2) is 0 Å². The summed E-state index contributed by atoms with van der Waals surface area (Å²) in [5.74, 6) is 0.800. The third kappa shape index (κ3) is 3.46. The quantitative estimate of drug-likeness (QED) is 0.676. The van der Waals surface area contributed by atoms with Gasteiger partial charge >= 0.3 is 5.95 Å². The molecule has 1 aromatic heterocycles. The van der Waals surface area contributed by atoms with E-state index in [0.29, 0.717) is 6.54 Å². The van der Waals surface area contributed by atoms with Gasteiger partial charge in [0, 0.05) is 24.4 Å². The number of imidazole rings is 1. The van der Waals surface area contributed by atoms with Crippen LogP contribution in [0.5, 0.6) is 0 Å². The molecule has 112 valence electrons. The van der Waals surface area contributed by atoms with E-state index in [4.69, 9.17) is 5.11 Å². The number of benzene rings is 1. The summed E-state index contributed by atoms with van der Waals surface area (Å²) in [6.07, 6.45) is 2.02. The highest BCUT2D eigenvalue weighted by Gasteiger charge is 2.14. The minimum absolute atomic E-state index is 0.140. The van der Waals surface area contributed by atoms with Crippen molar-refractivity contribution in [2.45, 2.75) is 6.92 Å². The lowest BCUT2D eigenvalue weighted by atomic mass is 10.2. The fourth-order valence-corrected chi connectivity index (χ4v) is 2.11. The third-order valence-electron chi connectivity index (χ3n) is 3.51. The van der Waals surface area contributed by atoms with Crippen LogP contribution in [0.1, 0.15) is 5.69 Å². The summed E-state index contributed by atoms with van der Waals surface area (Å²) < 4.78 is 3.94. The van der Waals surface area contributed by atoms with E-state index in [2.05, 4.69) is 10.2 Å². The van der Waals surface area contributed by atoms with Crippen molar-refractivity contribution in [3.8, 4) is 0 Å². The van der Waals surface area contributed by atoms with Crippen LogP contribution >= 0.6 is 0 Å². The highest BCUT2D eigenvalue weighted by atomic mass is 16.3. The Morgan fingerprint density at radius 2 is 1.90 bits per heavy atom. The van der Waals surface area contributed by atoms with Crippen LogP contribution < -0.4 is 9.47 Å². The van der Waals surface area contributed by atoms with Gasteiger partial charge in [-0.25, -0.2) is 9.13 Å². The molecule has 2 aromatic rings. The highest BCUT2D eigenvalue weighted by molar-refractivity contribution is 5.52. The first kappa shape index (κ1) is 15.2. The molecule has 1 heterocycles. The lowest BCUT2D eigenvalue weighted by molar-refractivity contribution is -0.657. The second-order valence-corrected chi connectivity index (χ2v) is 5.10. The average molecular weight is 288 g/mol. The van der Waals surface area contributed by atoms with Crippen LogP contribution in [0.4, 0.5) is 17.3 Å². The summed E-state index contributed by atoms with van der Waals surface area (Å²) in [7, 11) is 5.87. The average Bonchev–Trinajstić information content (AvgIpc) is 2.71. The Morgan fingerprint density at radius 1 is 1.24 bits per heavy atom. The van der Waals surface area contributed by atoms with Crippen molar-refractivity contribution in [3.63, 3.8) is 0 Å². The Kier molecular flexibility index (Phi) is 4.70. The van der Waals surface area contributed by atoms with Gasteiger partial charge in [-0.1, -0.05) is 5.11 Å². The summed E-state index contributed by atoms with van der Waals surface area (Å²) in [5, 5.41) is 17.5. The minimum atomic E-state index is 0.140. The number of hydrogen-bond donors (Lipinski definition) is 1. The summed E-state index contributed by atoms with van der Waals surface area (Å²) >= 11 is 0. The fourth-order valence-electron chi connectivity index (χ4n) is 2.11. The Balaban J connectivity index is 2.15. The van der Waals surface area contributed by atoms with Crippen LogP contribution in [0.25, 0.3) is 0 Å². The summed E-state index contributed by atoms with van der Waals surface area (Å²) in [4.78, 5) is 1.99. The van der Waals surface area contributed by atoms with Crippen LogP contribution in [-0.4, -0.2) is 29.9 Å². The van der Waals surface area contributed by atoms with Gasteiger partial charge in [0.2, 0.25) is 0 Å². The molecule has 0 saturated carbocycles. The number of aliphatic hydroxyl groups excluding tert-OH is 1. The number of aromatic nitrogens is 2. The molecule has 2 rings (SSSR count). The smallest absolute Gasteiger partial charge is 0.395 e. The third-order valence-corrected chi connectivity index (χ3v) is 3.51. The molecule has 0 aliphatic carbocycles. The van der Waals surface area contributed by atoms with Crippen LogP contribution in [0.3, 0.4) is 0 Å². The molecule has 0 aliphatic heterocycles. The zero-order chi connectivity index (χ0) is 15.4. The van der Waals surface area contributed by atoms with Gasteiger partial charge in [-0.2, -0.15) is 0 Å². The number of nitrogens with zero attached hydrogens (tertiary/aromatic N) is 5. The Morgan fingerprint density at radius 3 is 2.43 bits per heavy atom. The first-order valence-corrected chi connectivity index (χ1v) is 6.88. The molecule has 1 aromatic carbocycles. The Hall–Kier alpha value is -2.21. The first-order chi connectivity index (χ1) is 10.0. The number of aliphatic hydroxyl groups is 1. The SMILES string of the molecule is Cc1c[n+](C)c(N=Nc2ccc(N(C)CCO)cc2)n1C. The van der Waals surface area contributed by atoms with E-state index in [1.165, 1.54) is 0 Å². The molecule has 0 amide bonds. The van der Waals surface area contributed by atoms with Gasteiger partial charge < -0.3 is 10.0 Å². The lowest BCUT2D eigenvalue weighted by Gasteiger charge is -2.17. The number of azo groups is 1.